The molecule has 0 spiro atoms. The molecular weight excluding hydrogens is 400 g/mol. The average Bonchev–Trinajstić information content (AvgIpc) is 3.15. The molecule has 0 saturated heterocycles. The largest absolute Gasteiger partial charge is 0.489 e. The first kappa shape index (κ1) is 20.0. The fraction of sp³-hybridized carbons (Fsp3) is 0.261. The Morgan fingerprint density at radius 3 is 2.77 bits per heavy atom. The Balaban J connectivity index is 1.76. The summed E-state index contributed by atoms with van der Waals surface area (Å²) in [4.78, 5) is 0. The molecule has 4 rings (SSSR count). The molecule has 30 heavy (non-hydrogen) atoms. The Hall–Kier alpha value is -3.30. The predicted molar refractivity (Wildman–Crippen MR) is 114 cm³/mol. The Morgan fingerprint density at radius 2 is 2.00 bits per heavy atom. The molecule has 0 bridgehead atoms. The van der Waals surface area contributed by atoms with Crippen molar-refractivity contribution in [3.63, 3.8) is 0 Å². The molecule has 2 unspecified atom stereocenters. The van der Waals surface area contributed by atoms with Crippen molar-refractivity contribution in [1.82, 2.24) is 10.2 Å². The van der Waals surface area contributed by atoms with Crippen LogP contribution in [0.5, 0.6) is 11.6 Å². The van der Waals surface area contributed by atoms with Gasteiger partial charge < -0.3 is 9.47 Å². The van der Waals surface area contributed by atoms with E-state index in [0.717, 1.165) is 35.2 Å². The van der Waals surface area contributed by atoms with Gasteiger partial charge in [0.15, 0.2) is 0 Å². The molecule has 2 atom stereocenters. The number of aryl methyl sites for hydroxylation is 1. The molecular formula is C23H21ClN4O2. The number of benzene rings is 2. The molecule has 1 aliphatic rings. The molecule has 0 fully saturated rings. The number of fused-ring (bicyclic) bond motifs is 1. The molecule has 7 heteroatoms. The standard InChI is InChI=1S/C23H21ClN4O2/c1-2-7-18-21-20(16(12-25)22(26)30-23(21)28-27-18)15-9-4-6-11-19(15)29-13-14-8-3-5-10-17(14)24/h3-6,8-11,16,20,26H,2,7,13H2,1H3,(H,27,28). The molecule has 152 valence electrons. The summed E-state index contributed by atoms with van der Waals surface area (Å²) < 4.78 is 11.7. The first-order valence-corrected chi connectivity index (χ1v) is 10.2. The number of nitrogens with zero attached hydrogens (tertiary/aromatic N) is 2. The third-order valence-electron chi connectivity index (χ3n) is 5.22. The van der Waals surface area contributed by atoms with Gasteiger partial charge >= 0.3 is 0 Å². The number of rotatable bonds is 6. The van der Waals surface area contributed by atoms with Crippen molar-refractivity contribution in [2.45, 2.75) is 32.3 Å². The fourth-order valence-corrected chi connectivity index (χ4v) is 3.99. The van der Waals surface area contributed by atoms with Gasteiger partial charge in [0, 0.05) is 33.3 Å². The molecule has 3 aromatic rings. The van der Waals surface area contributed by atoms with E-state index in [9.17, 15) is 5.26 Å². The number of nitrogens with one attached hydrogen (secondary N) is 2. The van der Waals surface area contributed by atoms with E-state index >= 15 is 0 Å². The zero-order valence-corrected chi connectivity index (χ0v) is 17.2. The third kappa shape index (κ3) is 3.64. The van der Waals surface area contributed by atoms with Crippen LogP contribution < -0.4 is 9.47 Å². The molecule has 0 saturated carbocycles. The second kappa shape index (κ2) is 8.60. The van der Waals surface area contributed by atoms with Crippen LogP contribution in [0, 0.1) is 22.7 Å². The minimum absolute atomic E-state index is 0.106. The quantitative estimate of drug-likeness (QED) is 0.570. The summed E-state index contributed by atoms with van der Waals surface area (Å²) in [7, 11) is 0. The van der Waals surface area contributed by atoms with Crippen LogP contribution in [0.2, 0.25) is 5.02 Å². The lowest BCUT2D eigenvalue weighted by Crippen LogP contribution is -2.31. The van der Waals surface area contributed by atoms with E-state index in [2.05, 4.69) is 23.2 Å². The predicted octanol–water partition coefficient (Wildman–Crippen LogP) is 5.24. The van der Waals surface area contributed by atoms with Gasteiger partial charge in [-0.1, -0.05) is 61.3 Å². The molecule has 0 amide bonds. The van der Waals surface area contributed by atoms with E-state index in [1.165, 1.54) is 0 Å². The minimum Gasteiger partial charge on any atom is -0.489 e. The maximum Gasteiger partial charge on any atom is 0.243 e. The molecule has 0 radical (unpaired) electrons. The van der Waals surface area contributed by atoms with E-state index in [1.54, 1.807) is 0 Å². The van der Waals surface area contributed by atoms with E-state index in [4.69, 9.17) is 26.5 Å². The highest BCUT2D eigenvalue weighted by molar-refractivity contribution is 6.31. The van der Waals surface area contributed by atoms with Gasteiger partial charge in [0.25, 0.3) is 0 Å². The van der Waals surface area contributed by atoms with Crippen molar-refractivity contribution in [2.75, 3.05) is 0 Å². The second-order valence-corrected chi connectivity index (χ2v) is 7.55. The van der Waals surface area contributed by atoms with Gasteiger partial charge in [0.2, 0.25) is 11.8 Å². The number of aromatic nitrogens is 2. The Kier molecular flexibility index (Phi) is 5.73. The average molecular weight is 421 g/mol. The van der Waals surface area contributed by atoms with Crippen LogP contribution in [0.15, 0.2) is 48.5 Å². The summed E-state index contributed by atoms with van der Waals surface area (Å²) in [5, 5.41) is 26.0. The normalized spacial score (nSPS) is 17.7. The van der Waals surface area contributed by atoms with Crippen molar-refractivity contribution < 1.29 is 9.47 Å². The summed E-state index contributed by atoms with van der Waals surface area (Å²) >= 11 is 6.27. The number of hydrogen-bond donors (Lipinski definition) is 2. The number of nitriles is 1. The lowest BCUT2D eigenvalue weighted by molar-refractivity contribution is 0.300. The molecule has 1 aliphatic heterocycles. The van der Waals surface area contributed by atoms with Gasteiger partial charge in [-0.05, 0) is 18.6 Å². The van der Waals surface area contributed by atoms with Gasteiger partial charge in [-0.2, -0.15) is 5.26 Å². The maximum absolute atomic E-state index is 9.85. The second-order valence-electron chi connectivity index (χ2n) is 7.14. The smallest absolute Gasteiger partial charge is 0.243 e. The van der Waals surface area contributed by atoms with E-state index in [1.807, 2.05) is 48.5 Å². The van der Waals surface area contributed by atoms with Crippen LogP contribution in [0.4, 0.5) is 0 Å². The zero-order chi connectivity index (χ0) is 21.1. The Labute approximate surface area is 179 Å². The number of halogens is 1. The van der Waals surface area contributed by atoms with Gasteiger partial charge in [0.05, 0.1) is 6.07 Å². The van der Waals surface area contributed by atoms with Gasteiger partial charge in [-0.3, -0.25) is 10.5 Å². The van der Waals surface area contributed by atoms with Crippen molar-refractivity contribution in [2.24, 2.45) is 5.92 Å². The summed E-state index contributed by atoms with van der Waals surface area (Å²) in [6.45, 7) is 2.38. The highest BCUT2D eigenvalue weighted by Crippen LogP contribution is 2.46. The van der Waals surface area contributed by atoms with Gasteiger partial charge in [-0.15, -0.1) is 5.10 Å². The number of para-hydroxylation sites is 1. The van der Waals surface area contributed by atoms with E-state index < -0.39 is 11.8 Å². The summed E-state index contributed by atoms with van der Waals surface area (Å²) in [5.41, 5.74) is 3.45. The molecule has 2 aromatic carbocycles. The van der Waals surface area contributed by atoms with Crippen LogP contribution in [-0.2, 0) is 13.0 Å². The zero-order valence-electron chi connectivity index (χ0n) is 16.5. The maximum atomic E-state index is 9.85. The third-order valence-corrected chi connectivity index (χ3v) is 5.58. The van der Waals surface area contributed by atoms with Gasteiger partial charge in [0.1, 0.15) is 18.3 Å². The minimum atomic E-state index is -0.768. The van der Waals surface area contributed by atoms with Crippen LogP contribution >= 0.6 is 11.6 Å². The first-order valence-electron chi connectivity index (χ1n) is 9.82. The van der Waals surface area contributed by atoms with Crippen molar-refractivity contribution >= 4 is 17.5 Å². The fourth-order valence-electron chi connectivity index (χ4n) is 3.80. The molecule has 6 nitrogen and oxygen atoms in total. The molecule has 2 heterocycles. The highest BCUT2D eigenvalue weighted by atomic mass is 35.5. The van der Waals surface area contributed by atoms with Crippen molar-refractivity contribution in [1.29, 1.82) is 10.7 Å². The highest BCUT2D eigenvalue weighted by Gasteiger charge is 2.41. The van der Waals surface area contributed by atoms with Crippen molar-refractivity contribution in [3.8, 4) is 17.7 Å². The number of hydrogen-bond acceptors (Lipinski definition) is 5. The molecule has 0 aliphatic carbocycles. The first-order chi connectivity index (χ1) is 14.6. The Morgan fingerprint density at radius 1 is 1.23 bits per heavy atom. The lowest BCUT2D eigenvalue weighted by atomic mass is 9.78. The van der Waals surface area contributed by atoms with E-state index in [-0.39, 0.29) is 5.90 Å². The number of H-pyrrole nitrogens is 1. The SMILES string of the molecule is CCCc1[nH]nc2c1C(c1ccccc1OCc1ccccc1Cl)C(C#N)C(=N)O2. The lowest BCUT2D eigenvalue weighted by Gasteiger charge is -2.29. The summed E-state index contributed by atoms with van der Waals surface area (Å²) in [5.74, 6) is -0.275. The van der Waals surface area contributed by atoms with Crippen molar-refractivity contribution in [3.05, 3.63) is 75.9 Å². The summed E-state index contributed by atoms with van der Waals surface area (Å²) in [6.07, 6.45) is 1.69. The number of ether oxygens (including phenoxy) is 2. The van der Waals surface area contributed by atoms with Crippen LogP contribution in [0.1, 0.15) is 41.6 Å². The monoisotopic (exact) mass is 420 g/mol. The molecule has 2 N–H and O–H groups in total. The molecule has 1 aromatic heterocycles. The van der Waals surface area contributed by atoms with Crippen LogP contribution in [0.25, 0.3) is 0 Å². The Bertz CT molecular complexity index is 1120. The topological polar surface area (TPSA) is 94.8 Å². The van der Waals surface area contributed by atoms with Crippen LogP contribution in [0.3, 0.4) is 0 Å². The number of aromatic amines is 1. The van der Waals surface area contributed by atoms with Gasteiger partial charge in [-0.25, -0.2) is 0 Å². The van der Waals surface area contributed by atoms with E-state index in [0.29, 0.717) is 23.3 Å². The summed E-state index contributed by atoms with van der Waals surface area (Å²) in [6, 6.07) is 17.4. The van der Waals surface area contributed by atoms with Crippen LogP contribution in [-0.4, -0.2) is 16.1 Å².